The molecule has 0 aromatic carbocycles. The first-order valence-corrected chi connectivity index (χ1v) is 7.93. The van der Waals surface area contributed by atoms with Crippen LogP contribution in [0.15, 0.2) is 0 Å². The number of carbonyl (C=O) groups excluding carboxylic acids is 1. The Morgan fingerprint density at radius 1 is 1.21 bits per heavy atom. The molecule has 1 aliphatic heterocycles. The summed E-state index contributed by atoms with van der Waals surface area (Å²) in [5.74, 6) is 1.20. The van der Waals surface area contributed by atoms with E-state index in [2.05, 4.69) is 17.3 Å². The highest BCUT2D eigenvalue weighted by molar-refractivity contribution is 5.76. The van der Waals surface area contributed by atoms with Crippen molar-refractivity contribution in [1.29, 1.82) is 0 Å². The molecule has 0 atom stereocenters. The lowest BCUT2D eigenvalue weighted by Crippen LogP contribution is -2.47. The average molecular weight is 267 g/mol. The first-order chi connectivity index (χ1) is 9.25. The van der Waals surface area contributed by atoms with Crippen molar-refractivity contribution in [1.82, 2.24) is 15.1 Å². The van der Waals surface area contributed by atoms with Crippen LogP contribution >= 0.6 is 0 Å². The third-order valence-electron chi connectivity index (χ3n) is 4.47. The van der Waals surface area contributed by atoms with E-state index in [0.29, 0.717) is 12.3 Å². The topological polar surface area (TPSA) is 35.6 Å². The SMILES string of the molecule is CN(CCC(=O)N1CCNCC1)CC1CCCCC1. The van der Waals surface area contributed by atoms with Crippen molar-refractivity contribution in [2.45, 2.75) is 38.5 Å². The summed E-state index contributed by atoms with van der Waals surface area (Å²) in [5, 5.41) is 3.28. The second-order valence-electron chi connectivity index (χ2n) is 6.15. The Labute approximate surface area is 117 Å². The van der Waals surface area contributed by atoms with Crippen molar-refractivity contribution < 1.29 is 4.79 Å². The zero-order chi connectivity index (χ0) is 13.5. The fourth-order valence-electron chi connectivity index (χ4n) is 3.26. The number of carbonyl (C=O) groups is 1. The van der Waals surface area contributed by atoms with Gasteiger partial charge in [0.05, 0.1) is 0 Å². The van der Waals surface area contributed by atoms with Gasteiger partial charge in [-0.25, -0.2) is 0 Å². The van der Waals surface area contributed by atoms with Crippen LogP contribution in [0.25, 0.3) is 0 Å². The molecule has 1 heterocycles. The molecule has 1 saturated heterocycles. The molecule has 1 amide bonds. The smallest absolute Gasteiger partial charge is 0.223 e. The molecule has 4 nitrogen and oxygen atoms in total. The highest BCUT2D eigenvalue weighted by atomic mass is 16.2. The minimum atomic E-state index is 0.331. The van der Waals surface area contributed by atoms with Gasteiger partial charge in [-0.05, 0) is 25.8 Å². The third-order valence-corrected chi connectivity index (χ3v) is 4.47. The first-order valence-electron chi connectivity index (χ1n) is 7.93. The molecule has 2 aliphatic rings. The number of rotatable bonds is 5. The van der Waals surface area contributed by atoms with E-state index in [0.717, 1.165) is 38.6 Å². The molecule has 2 fully saturated rings. The van der Waals surface area contributed by atoms with Gasteiger partial charge in [0.25, 0.3) is 0 Å². The van der Waals surface area contributed by atoms with Crippen LogP contribution in [0.2, 0.25) is 0 Å². The fraction of sp³-hybridized carbons (Fsp3) is 0.933. The minimum Gasteiger partial charge on any atom is -0.340 e. The normalized spacial score (nSPS) is 21.9. The van der Waals surface area contributed by atoms with Crippen molar-refractivity contribution >= 4 is 5.91 Å². The Kier molecular flexibility index (Phi) is 6.11. The molecule has 0 unspecified atom stereocenters. The van der Waals surface area contributed by atoms with Crippen molar-refractivity contribution in [3.63, 3.8) is 0 Å². The summed E-state index contributed by atoms with van der Waals surface area (Å²) in [6.07, 6.45) is 7.67. The standard InChI is InChI=1S/C15H29N3O/c1-17(13-14-5-3-2-4-6-14)10-7-15(19)18-11-8-16-9-12-18/h14,16H,2-13H2,1H3. The molecule has 1 saturated carbocycles. The highest BCUT2D eigenvalue weighted by Gasteiger charge is 2.18. The Balaban J connectivity index is 1.61. The van der Waals surface area contributed by atoms with E-state index in [4.69, 9.17) is 0 Å². The molecule has 2 rings (SSSR count). The van der Waals surface area contributed by atoms with Gasteiger partial charge in [-0.3, -0.25) is 4.79 Å². The number of hydrogen-bond acceptors (Lipinski definition) is 3. The van der Waals surface area contributed by atoms with Crippen LogP contribution < -0.4 is 5.32 Å². The number of hydrogen-bond donors (Lipinski definition) is 1. The molecule has 0 aromatic heterocycles. The number of nitrogens with one attached hydrogen (secondary N) is 1. The Morgan fingerprint density at radius 3 is 2.58 bits per heavy atom. The summed E-state index contributed by atoms with van der Waals surface area (Å²) in [4.78, 5) is 16.4. The zero-order valence-corrected chi connectivity index (χ0v) is 12.4. The zero-order valence-electron chi connectivity index (χ0n) is 12.4. The molecule has 0 bridgehead atoms. The summed E-state index contributed by atoms with van der Waals surface area (Å²) in [6, 6.07) is 0. The molecule has 1 aliphatic carbocycles. The van der Waals surface area contributed by atoms with Gasteiger partial charge in [0, 0.05) is 45.7 Å². The molecule has 0 spiro atoms. The van der Waals surface area contributed by atoms with E-state index in [9.17, 15) is 4.79 Å². The number of nitrogens with zero attached hydrogens (tertiary/aromatic N) is 2. The van der Waals surface area contributed by atoms with Crippen molar-refractivity contribution in [2.75, 3.05) is 46.3 Å². The second kappa shape index (κ2) is 7.85. The lowest BCUT2D eigenvalue weighted by Gasteiger charge is -2.29. The molecule has 0 aromatic rings. The Morgan fingerprint density at radius 2 is 1.89 bits per heavy atom. The van der Waals surface area contributed by atoms with Crippen molar-refractivity contribution in [3.05, 3.63) is 0 Å². The predicted molar refractivity (Wildman–Crippen MR) is 78.1 cm³/mol. The molecule has 4 heteroatoms. The van der Waals surface area contributed by atoms with Gasteiger partial charge < -0.3 is 15.1 Å². The van der Waals surface area contributed by atoms with E-state index >= 15 is 0 Å². The maximum absolute atomic E-state index is 12.1. The fourth-order valence-corrected chi connectivity index (χ4v) is 3.26. The molecule has 110 valence electrons. The van der Waals surface area contributed by atoms with Gasteiger partial charge in [-0.1, -0.05) is 19.3 Å². The maximum atomic E-state index is 12.1. The minimum absolute atomic E-state index is 0.331. The summed E-state index contributed by atoms with van der Waals surface area (Å²) in [6.45, 7) is 5.75. The van der Waals surface area contributed by atoms with Crippen LogP contribution in [0.1, 0.15) is 38.5 Å². The largest absolute Gasteiger partial charge is 0.340 e. The molecule has 1 N–H and O–H groups in total. The van der Waals surface area contributed by atoms with Crippen LogP contribution in [0.3, 0.4) is 0 Å². The first kappa shape index (κ1) is 14.8. The lowest BCUT2D eigenvalue weighted by atomic mass is 9.89. The third kappa shape index (κ3) is 5.11. The highest BCUT2D eigenvalue weighted by Crippen LogP contribution is 2.24. The van der Waals surface area contributed by atoms with Gasteiger partial charge >= 0.3 is 0 Å². The van der Waals surface area contributed by atoms with E-state index < -0.39 is 0 Å². The summed E-state index contributed by atoms with van der Waals surface area (Å²) < 4.78 is 0. The molecular formula is C15H29N3O. The van der Waals surface area contributed by atoms with E-state index in [1.165, 1.54) is 38.6 Å². The summed E-state index contributed by atoms with van der Waals surface area (Å²) >= 11 is 0. The van der Waals surface area contributed by atoms with Gasteiger partial charge in [0.15, 0.2) is 0 Å². The maximum Gasteiger partial charge on any atom is 0.223 e. The summed E-state index contributed by atoms with van der Waals surface area (Å²) in [5.41, 5.74) is 0. The van der Waals surface area contributed by atoms with Crippen LogP contribution in [0, 0.1) is 5.92 Å². The molecule has 0 radical (unpaired) electrons. The van der Waals surface area contributed by atoms with Gasteiger partial charge in [-0.2, -0.15) is 0 Å². The van der Waals surface area contributed by atoms with Crippen molar-refractivity contribution in [2.24, 2.45) is 5.92 Å². The second-order valence-corrected chi connectivity index (χ2v) is 6.15. The molecule has 19 heavy (non-hydrogen) atoms. The quantitative estimate of drug-likeness (QED) is 0.816. The van der Waals surface area contributed by atoms with Crippen molar-refractivity contribution in [3.8, 4) is 0 Å². The van der Waals surface area contributed by atoms with E-state index in [1.807, 2.05) is 4.90 Å². The number of piperazine rings is 1. The predicted octanol–water partition coefficient (Wildman–Crippen LogP) is 1.32. The monoisotopic (exact) mass is 267 g/mol. The Bertz CT molecular complexity index is 271. The lowest BCUT2D eigenvalue weighted by molar-refractivity contribution is -0.132. The van der Waals surface area contributed by atoms with E-state index in [1.54, 1.807) is 0 Å². The Hall–Kier alpha value is -0.610. The summed E-state index contributed by atoms with van der Waals surface area (Å²) in [7, 11) is 2.17. The van der Waals surface area contributed by atoms with E-state index in [-0.39, 0.29) is 0 Å². The van der Waals surface area contributed by atoms with Crippen LogP contribution in [0.5, 0.6) is 0 Å². The van der Waals surface area contributed by atoms with Gasteiger partial charge in [0.2, 0.25) is 5.91 Å². The van der Waals surface area contributed by atoms with Gasteiger partial charge in [0.1, 0.15) is 0 Å². The average Bonchev–Trinajstić information content (AvgIpc) is 2.47. The van der Waals surface area contributed by atoms with Gasteiger partial charge in [-0.15, -0.1) is 0 Å². The van der Waals surface area contributed by atoms with Crippen LogP contribution in [0.4, 0.5) is 0 Å². The molecular weight excluding hydrogens is 238 g/mol. The van der Waals surface area contributed by atoms with Crippen LogP contribution in [-0.2, 0) is 4.79 Å². The number of amides is 1. The van der Waals surface area contributed by atoms with Crippen LogP contribution in [-0.4, -0.2) is 62.0 Å².